The van der Waals surface area contributed by atoms with E-state index < -0.39 is 66.3 Å². The molecule has 3 heterocycles. The van der Waals surface area contributed by atoms with Gasteiger partial charge in [-0.05, 0) is 122 Å². The van der Waals surface area contributed by atoms with Crippen molar-refractivity contribution in [1.82, 2.24) is 14.1 Å². The van der Waals surface area contributed by atoms with Crippen LogP contribution in [0.1, 0.15) is 92.4 Å². The van der Waals surface area contributed by atoms with E-state index in [1.54, 1.807) is 33.4 Å². The van der Waals surface area contributed by atoms with Crippen molar-refractivity contribution in [1.29, 1.82) is 0 Å². The summed E-state index contributed by atoms with van der Waals surface area (Å²) in [6.45, 7) is 11.0. The molecule has 0 N–H and O–H groups in total. The average molecular weight is 1130 g/mol. The zero-order valence-electron chi connectivity index (χ0n) is 51.5. The molecule has 0 atom stereocenters. The van der Waals surface area contributed by atoms with E-state index in [2.05, 4.69) is 94.0 Å². The van der Waals surface area contributed by atoms with Gasteiger partial charge >= 0.3 is 0 Å². The maximum absolute atomic E-state index is 9.94. The number of fused-ring (bicyclic) bond motifs is 4. The zero-order valence-corrected chi connectivity index (χ0v) is 42.8. The van der Waals surface area contributed by atoms with Crippen LogP contribution in [0.15, 0.2) is 194 Å². The Morgan fingerprint density at radius 3 is 2.06 bits per heavy atom. The second-order valence-electron chi connectivity index (χ2n) is 20.1. The zero-order chi connectivity index (χ0) is 57.9. The molecule has 8 aromatic carbocycles. The molecule has 0 saturated heterocycles. The Morgan fingerprint density at radius 2 is 1.35 bits per heavy atom. The number of para-hydroxylation sites is 1. The summed E-state index contributed by atoms with van der Waals surface area (Å²) in [6, 6.07) is 42.4. The molecule has 72 heavy (non-hydrogen) atoms. The van der Waals surface area contributed by atoms with Crippen LogP contribution in [0.5, 0.6) is 11.5 Å². The molecule has 1 fully saturated rings. The van der Waals surface area contributed by atoms with Crippen LogP contribution < -0.4 is 9.30 Å². The predicted molar refractivity (Wildman–Crippen MR) is 290 cm³/mol. The first-order valence-corrected chi connectivity index (χ1v) is 24.1. The van der Waals surface area contributed by atoms with Crippen LogP contribution in [0, 0.1) is 23.9 Å². The van der Waals surface area contributed by atoms with Gasteiger partial charge in [0, 0.05) is 45.6 Å². The van der Waals surface area contributed by atoms with Gasteiger partial charge in [-0.3, -0.25) is 4.57 Å². The standard InChI is InChI=1S/C66H56N4O.Pt/c1-65(2,3)51-35-38-67-63(41-51)70-59-31-27-49(45-17-9-6-10-18-45)39-58(59)57-30-29-54(43-61(57)70)71-53-24-15-23-52(42-53)68-44-69(62-40-50(28-32-60(62)68)46-33-36-66(4,5)37-34-46)64-55(47-19-11-7-12-20-47)25-16-26-56(64)48-21-13-8-14-22-48;/h6-32,35,38-41,46H,33-34,36-37H2,1-5H3;/q-2;/i7D,8D,11D,12D,13D,14D,19D,20D,21D,22D,46D;. The Bertz CT molecular complexity index is 4280. The average Bonchev–Trinajstić information content (AvgIpc) is 3.08. The number of ether oxygens (including phenoxy) is 1. The van der Waals surface area contributed by atoms with Gasteiger partial charge < -0.3 is 13.9 Å². The molecule has 358 valence electrons. The van der Waals surface area contributed by atoms with Crippen molar-refractivity contribution in [2.45, 2.75) is 71.6 Å². The van der Waals surface area contributed by atoms with E-state index in [1.165, 1.54) is 0 Å². The van der Waals surface area contributed by atoms with Crippen molar-refractivity contribution in [2.75, 3.05) is 0 Å². The van der Waals surface area contributed by atoms with E-state index in [0.29, 0.717) is 41.1 Å². The molecule has 0 radical (unpaired) electrons. The Balaban J connectivity index is 0.00000721. The number of hydrogen-bond acceptors (Lipinski definition) is 2. The molecule has 1 saturated carbocycles. The van der Waals surface area contributed by atoms with Crippen LogP contribution in [-0.2, 0) is 26.5 Å². The van der Waals surface area contributed by atoms with Gasteiger partial charge in [0.25, 0.3) is 6.33 Å². The van der Waals surface area contributed by atoms with Crippen LogP contribution in [0.25, 0.3) is 83.4 Å². The summed E-state index contributed by atoms with van der Waals surface area (Å²) in [7, 11) is 0. The Labute approximate surface area is 453 Å². The van der Waals surface area contributed by atoms with Crippen LogP contribution >= 0.6 is 0 Å². The molecule has 11 aromatic rings. The summed E-state index contributed by atoms with van der Waals surface area (Å²) in [5.74, 6) is 0.501. The Hall–Kier alpha value is -7.33. The minimum Gasteiger partial charge on any atom is -0.510 e. The maximum atomic E-state index is 9.94. The summed E-state index contributed by atoms with van der Waals surface area (Å²) >= 11 is 0. The first-order valence-electron chi connectivity index (χ1n) is 29.6. The van der Waals surface area contributed by atoms with Crippen molar-refractivity contribution >= 4 is 32.8 Å². The predicted octanol–water partition coefficient (Wildman–Crippen LogP) is 16.6. The van der Waals surface area contributed by atoms with Crippen LogP contribution in [-0.4, -0.2) is 14.1 Å². The number of benzene rings is 8. The molecule has 0 aliphatic heterocycles. The van der Waals surface area contributed by atoms with Crippen molar-refractivity contribution in [3.8, 4) is 62.1 Å². The van der Waals surface area contributed by atoms with Crippen molar-refractivity contribution in [2.24, 2.45) is 5.41 Å². The van der Waals surface area contributed by atoms with Gasteiger partial charge in [-0.15, -0.1) is 29.7 Å². The third kappa shape index (κ3) is 8.90. The fourth-order valence-electron chi connectivity index (χ4n) is 9.93. The minimum absolute atomic E-state index is 0. The molecule has 5 nitrogen and oxygen atoms in total. The Kier molecular flexibility index (Phi) is 9.43. The van der Waals surface area contributed by atoms with E-state index in [-0.39, 0.29) is 59.8 Å². The third-order valence-electron chi connectivity index (χ3n) is 13.9. The largest absolute Gasteiger partial charge is 0.510 e. The van der Waals surface area contributed by atoms with E-state index >= 15 is 0 Å². The number of pyridine rings is 1. The Morgan fingerprint density at radius 1 is 0.667 bits per heavy atom. The molecule has 0 unspecified atom stereocenters. The number of imidazole rings is 1. The normalized spacial score (nSPS) is 16.5. The van der Waals surface area contributed by atoms with Crippen molar-refractivity contribution < 1.29 is 45.4 Å². The number of hydrogen-bond donors (Lipinski definition) is 0. The summed E-state index contributed by atoms with van der Waals surface area (Å²) in [4.78, 5) is 4.90. The molecular weight excluding hydrogens is 1060 g/mol. The first-order chi connectivity index (χ1) is 39.0. The summed E-state index contributed by atoms with van der Waals surface area (Å²) in [5, 5.41) is 1.98. The quantitative estimate of drug-likeness (QED) is 0.107. The van der Waals surface area contributed by atoms with Crippen LogP contribution in [0.3, 0.4) is 0 Å². The van der Waals surface area contributed by atoms with Gasteiger partial charge in [0.1, 0.15) is 5.82 Å². The number of aromatic nitrogens is 4. The molecule has 3 aromatic heterocycles. The summed E-state index contributed by atoms with van der Waals surface area (Å²) in [5.41, 5.74) is 7.19. The first kappa shape index (κ1) is 35.7. The smallest absolute Gasteiger partial charge is 0.268 e. The van der Waals surface area contributed by atoms with Gasteiger partial charge in [0.05, 0.1) is 30.4 Å². The second-order valence-corrected chi connectivity index (χ2v) is 20.1. The molecule has 6 heteroatoms. The van der Waals surface area contributed by atoms with Crippen LogP contribution in [0.4, 0.5) is 0 Å². The fourth-order valence-corrected chi connectivity index (χ4v) is 9.93. The molecule has 0 spiro atoms. The molecule has 12 rings (SSSR count). The summed E-state index contributed by atoms with van der Waals surface area (Å²) < 4.78 is 111. The third-order valence-corrected chi connectivity index (χ3v) is 13.9. The van der Waals surface area contributed by atoms with Gasteiger partial charge in [0.2, 0.25) is 0 Å². The molecule has 0 bridgehead atoms. The van der Waals surface area contributed by atoms with E-state index in [0.717, 1.165) is 62.7 Å². The fraction of sp³-hybridized carbons (Fsp3) is 0.182. The SMILES string of the molecule is [2H]c1c([2H])c([2H])c(-c2cccc(-c3c([2H])c([2H])c([2H])c([2H])c3[2H])c2-[n+]2[c-]n(-c3[c-]c(Oc4[c-]c5c(cc4)c4cc(-c6ccccc6)ccc4n5-c4cc(C(C)(C)C)ccn4)ccc3)c3ccc(C4([2H])CCC(C)(C)CC4)cc32)c([2H])c1[2H].[Pt]. The van der Waals surface area contributed by atoms with Crippen LogP contribution in [0.2, 0.25) is 0 Å². The number of nitrogens with zero attached hydrogens (tertiary/aromatic N) is 4. The van der Waals surface area contributed by atoms with Crippen molar-refractivity contribution in [3.63, 3.8) is 0 Å². The van der Waals surface area contributed by atoms with Gasteiger partial charge in [-0.1, -0.05) is 173 Å². The monoisotopic (exact) mass is 1130 g/mol. The molecule has 1 aliphatic rings. The van der Waals surface area contributed by atoms with E-state index in [9.17, 15) is 6.85 Å². The van der Waals surface area contributed by atoms with Gasteiger partial charge in [0.15, 0.2) is 0 Å². The van der Waals surface area contributed by atoms with E-state index in [4.69, 9.17) is 17.9 Å². The van der Waals surface area contributed by atoms with Gasteiger partial charge in [-0.25, -0.2) is 4.98 Å². The topological polar surface area (TPSA) is 35.9 Å². The molecule has 1 aliphatic carbocycles. The molecule has 0 amide bonds. The minimum atomic E-state index is -0.982. The van der Waals surface area contributed by atoms with Crippen molar-refractivity contribution in [3.05, 3.63) is 224 Å². The number of rotatable bonds is 9. The second kappa shape index (κ2) is 19.0. The van der Waals surface area contributed by atoms with Gasteiger partial charge in [-0.2, -0.15) is 18.2 Å². The van der Waals surface area contributed by atoms with E-state index in [1.807, 2.05) is 72.9 Å². The summed E-state index contributed by atoms with van der Waals surface area (Å²) in [6.07, 6.45) is 8.17. The molecular formula is C66H56N4OPt-2. The maximum Gasteiger partial charge on any atom is 0.268 e.